The normalized spacial score (nSPS) is 13.1. The third-order valence-corrected chi connectivity index (χ3v) is 5.55. The predicted octanol–water partition coefficient (Wildman–Crippen LogP) is 2.20. The van der Waals surface area contributed by atoms with Crippen LogP contribution in [-0.4, -0.2) is 32.4 Å². The minimum absolute atomic E-state index is 0. The Hall–Kier alpha value is -0.620. The molecule has 1 aromatic rings. The lowest BCUT2D eigenvalue weighted by Gasteiger charge is -2.23. The molecule has 6 heteroatoms. The standard InChI is InChI=1S/C14H24N2O2S.ClH/c1-5-12-7-8-14(9-13(12)6-2)19(17,18)16(4)11(3)10-15;/h7-9,11H,5-6,10,15H2,1-4H3;1H. The van der Waals surface area contributed by atoms with Gasteiger partial charge in [-0.25, -0.2) is 8.42 Å². The number of nitrogens with two attached hydrogens (primary N) is 1. The fraction of sp³-hybridized carbons (Fsp3) is 0.571. The van der Waals surface area contributed by atoms with Crippen molar-refractivity contribution in [3.05, 3.63) is 29.3 Å². The van der Waals surface area contributed by atoms with Gasteiger partial charge in [-0.3, -0.25) is 0 Å². The number of hydrogen-bond acceptors (Lipinski definition) is 3. The molecule has 1 rings (SSSR count). The van der Waals surface area contributed by atoms with E-state index in [-0.39, 0.29) is 18.4 Å². The van der Waals surface area contributed by atoms with Gasteiger partial charge in [-0.15, -0.1) is 12.4 Å². The molecule has 1 atom stereocenters. The first-order valence-corrected chi connectivity index (χ1v) is 8.12. The van der Waals surface area contributed by atoms with Gasteiger partial charge in [-0.1, -0.05) is 19.9 Å². The molecule has 0 amide bonds. The molecule has 0 heterocycles. The Morgan fingerprint density at radius 3 is 2.20 bits per heavy atom. The van der Waals surface area contributed by atoms with Crippen LogP contribution in [0.15, 0.2) is 23.1 Å². The minimum Gasteiger partial charge on any atom is -0.329 e. The van der Waals surface area contributed by atoms with Gasteiger partial charge in [-0.05, 0) is 43.0 Å². The van der Waals surface area contributed by atoms with Crippen molar-refractivity contribution in [3.8, 4) is 0 Å². The quantitative estimate of drug-likeness (QED) is 0.874. The van der Waals surface area contributed by atoms with Crippen molar-refractivity contribution in [2.75, 3.05) is 13.6 Å². The van der Waals surface area contributed by atoms with Gasteiger partial charge < -0.3 is 5.73 Å². The van der Waals surface area contributed by atoms with Crippen molar-refractivity contribution in [2.45, 2.75) is 44.6 Å². The van der Waals surface area contributed by atoms with E-state index in [2.05, 4.69) is 6.92 Å². The van der Waals surface area contributed by atoms with E-state index in [1.54, 1.807) is 26.1 Å². The topological polar surface area (TPSA) is 63.4 Å². The Morgan fingerprint density at radius 1 is 1.20 bits per heavy atom. The van der Waals surface area contributed by atoms with Crippen LogP contribution in [-0.2, 0) is 22.9 Å². The Morgan fingerprint density at radius 2 is 1.75 bits per heavy atom. The Bertz CT molecular complexity index is 532. The first-order valence-electron chi connectivity index (χ1n) is 6.68. The molecule has 1 aromatic carbocycles. The summed E-state index contributed by atoms with van der Waals surface area (Å²) >= 11 is 0. The third-order valence-electron chi connectivity index (χ3n) is 3.58. The van der Waals surface area contributed by atoms with Gasteiger partial charge in [0.1, 0.15) is 0 Å². The molecule has 0 fully saturated rings. The van der Waals surface area contributed by atoms with Crippen LogP contribution in [0, 0.1) is 0 Å². The largest absolute Gasteiger partial charge is 0.329 e. The molecule has 1 unspecified atom stereocenters. The summed E-state index contributed by atoms with van der Waals surface area (Å²) in [5.41, 5.74) is 7.84. The zero-order chi connectivity index (χ0) is 14.6. The highest BCUT2D eigenvalue weighted by Crippen LogP contribution is 2.21. The molecule has 0 aliphatic carbocycles. The Labute approximate surface area is 128 Å². The van der Waals surface area contributed by atoms with Crippen molar-refractivity contribution >= 4 is 22.4 Å². The maximum atomic E-state index is 12.5. The van der Waals surface area contributed by atoms with Crippen LogP contribution in [0.3, 0.4) is 0 Å². The van der Waals surface area contributed by atoms with E-state index in [4.69, 9.17) is 5.73 Å². The van der Waals surface area contributed by atoms with Crippen molar-refractivity contribution in [1.82, 2.24) is 4.31 Å². The minimum atomic E-state index is -3.45. The van der Waals surface area contributed by atoms with E-state index in [0.717, 1.165) is 18.4 Å². The molecular weight excluding hydrogens is 296 g/mol. The SMILES string of the molecule is CCc1ccc(S(=O)(=O)N(C)C(C)CN)cc1CC.Cl. The van der Waals surface area contributed by atoms with Crippen molar-refractivity contribution in [1.29, 1.82) is 0 Å². The number of likely N-dealkylation sites (N-methyl/N-ethyl adjacent to an activating group) is 1. The number of nitrogens with zero attached hydrogens (tertiary/aromatic N) is 1. The van der Waals surface area contributed by atoms with E-state index in [1.807, 2.05) is 13.0 Å². The predicted molar refractivity (Wildman–Crippen MR) is 85.9 cm³/mol. The second kappa shape index (κ2) is 7.98. The Kier molecular flexibility index (Phi) is 7.73. The van der Waals surface area contributed by atoms with E-state index in [0.29, 0.717) is 11.4 Å². The summed E-state index contributed by atoms with van der Waals surface area (Å²) < 4.78 is 26.3. The molecular formula is C14H25ClN2O2S. The molecule has 0 radical (unpaired) electrons. The summed E-state index contributed by atoms with van der Waals surface area (Å²) in [5.74, 6) is 0. The van der Waals surface area contributed by atoms with Crippen LogP contribution < -0.4 is 5.73 Å². The molecule has 4 nitrogen and oxygen atoms in total. The number of sulfonamides is 1. The maximum Gasteiger partial charge on any atom is 0.243 e. The lowest BCUT2D eigenvalue weighted by molar-refractivity contribution is 0.394. The summed E-state index contributed by atoms with van der Waals surface area (Å²) in [6.45, 7) is 6.23. The molecule has 0 saturated carbocycles. The highest BCUT2D eigenvalue weighted by atomic mass is 35.5. The fourth-order valence-corrected chi connectivity index (χ4v) is 3.41. The van der Waals surface area contributed by atoms with Crippen LogP contribution in [0.2, 0.25) is 0 Å². The molecule has 2 N–H and O–H groups in total. The fourth-order valence-electron chi connectivity index (χ4n) is 1.99. The van der Waals surface area contributed by atoms with Crippen LogP contribution >= 0.6 is 12.4 Å². The molecule has 0 aliphatic rings. The van der Waals surface area contributed by atoms with E-state index < -0.39 is 10.0 Å². The summed E-state index contributed by atoms with van der Waals surface area (Å²) in [6, 6.07) is 5.18. The lowest BCUT2D eigenvalue weighted by Crippen LogP contribution is -2.39. The van der Waals surface area contributed by atoms with Crippen LogP contribution in [0.5, 0.6) is 0 Å². The maximum absolute atomic E-state index is 12.5. The zero-order valence-electron chi connectivity index (χ0n) is 12.6. The second-order valence-corrected chi connectivity index (χ2v) is 6.74. The van der Waals surface area contributed by atoms with Crippen molar-refractivity contribution < 1.29 is 8.42 Å². The molecule has 0 spiro atoms. The van der Waals surface area contributed by atoms with Gasteiger partial charge in [0, 0.05) is 19.6 Å². The van der Waals surface area contributed by atoms with E-state index in [9.17, 15) is 8.42 Å². The zero-order valence-corrected chi connectivity index (χ0v) is 14.2. The average molecular weight is 321 g/mol. The number of halogens is 1. The lowest BCUT2D eigenvalue weighted by atomic mass is 10.0. The second-order valence-electron chi connectivity index (χ2n) is 4.74. The van der Waals surface area contributed by atoms with Crippen molar-refractivity contribution in [3.63, 3.8) is 0 Å². The number of aryl methyl sites for hydroxylation is 2. The first kappa shape index (κ1) is 19.4. The monoisotopic (exact) mass is 320 g/mol. The van der Waals surface area contributed by atoms with Crippen molar-refractivity contribution in [2.24, 2.45) is 5.73 Å². The molecule has 0 aliphatic heterocycles. The van der Waals surface area contributed by atoms with Crippen LogP contribution in [0.25, 0.3) is 0 Å². The number of rotatable bonds is 6. The number of hydrogen-bond donors (Lipinski definition) is 1. The molecule has 0 saturated heterocycles. The Balaban J connectivity index is 0.00000361. The summed E-state index contributed by atoms with van der Waals surface area (Å²) in [5, 5.41) is 0. The van der Waals surface area contributed by atoms with E-state index >= 15 is 0 Å². The summed E-state index contributed by atoms with van der Waals surface area (Å²) in [4.78, 5) is 0.351. The van der Waals surface area contributed by atoms with Crippen LogP contribution in [0.4, 0.5) is 0 Å². The highest BCUT2D eigenvalue weighted by Gasteiger charge is 2.25. The number of benzene rings is 1. The van der Waals surface area contributed by atoms with Gasteiger partial charge in [0.05, 0.1) is 4.90 Å². The van der Waals surface area contributed by atoms with Gasteiger partial charge in [0.15, 0.2) is 0 Å². The smallest absolute Gasteiger partial charge is 0.243 e. The first-order chi connectivity index (χ1) is 8.88. The van der Waals surface area contributed by atoms with Gasteiger partial charge >= 0.3 is 0 Å². The van der Waals surface area contributed by atoms with Gasteiger partial charge in [0.2, 0.25) is 10.0 Å². The van der Waals surface area contributed by atoms with Crippen LogP contribution in [0.1, 0.15) is 31.9 Å². The average Bonchev–Trinajstić information content (AvgIpc) is 2.44. The van der Waals surface area contributed by atoms with E-state index in [1.165, 1.54) is 9.87 Å². The van der Waals surface area contributed by atoms with Gasteiger partial charge in [-0.2, -0.15) is 4.31 Å². The highest BCUT2D eigenvalue weighted by molar-refractivity contribution is 7.89. The summed E-state index contributed by atoms with van der Waals surface area (Å²) in [7, 11) is -1.88. The van der Waals surface area contributed by atoms with Gasteiger partial charge in [0.25, 0.3) is 0 Å². The molecule has 0 aromatic heterocycles. The molecule has 0 bridgehead atoms. The molecule has 116 valence electrons. The molecule has 20 heavy (non-hydrogen) atoms. The summed E-state index contributed by atoms with van der Waals surface area (Å²) in [6.07, 6.45) is 1.75. The third kappa shape index (κ3) is 3.95.